The highest BCUT2D eigenvalue weighted by Gasteiger charge is 2.26. The fourth-order valence-corrected chi connectivity index (χ4v) is 2.39. The zero-order chi connectivity index (χ0) is 9.84. The Kier molecular flexibility index (Phi) is 4.20. The van der Waals surface area contributed by atoms with Crippen LogP contribution < -0.4 is 5.32 Å². The molecule has 0 aliphatic heterocycles. The summed E-state index contributed by atoms with van der Waals surface area (Å²) >= 11 is 0. The predicted octanol–water partition coefficient (Wildman–Crippen LogP) is 1.78. The minimum absolute atomic E-state index is 0.221. The quantitative estimate of drug-likeness (QED) is 0.702. The molecule has 4 atom stereocenters. The average molecular weight is 185 g/mol. The molecule has 1 rings (SSSR count). The van der Waals surface area contributed by atoms with Gasteiger partial charge in [0.05, 0.1) is 6.10 Å². The van der Waals surface area contributed by atoms with E-state index in [1.807, 2.05) is 6.92 Å². The molecule has 2 heteroatoms. The highest BCUT2D eigenvalue weighted by atomic mass is 16.3. The Hall–Kier alpha value is -0.0800. The lowest BCUT2D eigenvalue weighted by Gasteiger charge is -2.35. The van der Waals surface area contributed by atoms with E-state index < -0.39 is 0 Å². The molecule has 1 aliphatic rings. The van der Waals surface area contributed by atoms with Gasteiger partial charge in [-0.15, -0.1) is 0 Å². The van der Waals surface area contributed by atoms with Crippen molar-refractivity contribution in [1.82, 2.24) is 5.32 Å². The topological polar surface area (TPSA) is 32.3 Å². The van der Waals surface area contributed by atoms with E-state index in [0.717, 1.165) is 18.4 Å². The Morgan fingerprint density at radius 2 is 1.85 bits per heavy atom. The predicted molar refractivity (Wildman–Crippen MR) is 55.7 cm³/mol. The molecule has 1 unspecified atom stereocenters. The Labute approximate surface area is 81.7 Å². The van der Waals surface area contributed by atoms with Gasteiger partial charge in [0.1, 0.15) is 0 Å². The third-order valence-electron chi connectivity index (χ3n) is 3.19. The molecule has 1 saturated carbocycles. The highest BCUT2D eigenvalue weighted by molar-refractivity contribution is 4.83. The third kappa shape index (κ3) is 3.28. The van der Waals surface area contributed by atoms with Gasteiger partial charge in [0.2, 0.25) is 0 Å². The van der Waals surface area contributed by atoms with Gasteiger partial charge in [-0.05, 0) is 31.6 Å². The fourth-order valence-electron chi connectivity index (χ4n) is 2.39. The zero-order valence-corrected chi connectivity index (χ0v) is 9.09. The summed E-state index contributed by atoms with van der Waals surface area (Å²) in [5.41, 5.74) is 0. The van der Waals surface area contributed by atoms with Crippen LogP contribution in [0.5, 0.6) is 0 Å². The minimum Gasteiger partial charge on any atom is -0.392 e. The van der Waals surface area contributed by atoms with Gasteiger partial charge in [-0.1, -0.05) is 20.3 Å². The first-order valence-corrected chi connectivity index (χ1v) is 5.52. The Balaban J connectivity index is 2.35. The number of hydrogen-bond acceptors (Lipinski definition) is 2. The van der Waals surface area contributed by atoms with Crippen LogP contribution in [0.4, 0.5) is 0 Å². The third-order valence-corrected chi connectivity index (χ3v) is 3.19. The summed E-state index contributed by atoms with van der Waals surface area (Å²) in [6, 6.07) is 0.614. The van der Waals surface area contributed by atoms with Crippen molar-refractivity contribution in [2.24, 2.45) is 11.8 Å². The average Bonchev–Trinajstić information content (AvgIpc) is 2.03. The van der Waals surface area contributed by atoms with Gasteiger partial charge in [0, 0.05) is 12.6 Å². The lowest BCUT2D eigenvalue weighted by atomic mass is 9.79. The highest BCUT2D eigenvalue weighted by Crippen LogP contribution is 2.28. The molecule has 0 saturated heterocycles. The van der Waals surface area contributed by atoms with Gasteiger partial charge >= 0.3 is 0 Å². The van der Waals surface area contributed by atoms with Crippen LogP contribution in [0.2, 0.25) is 0 Å². The van der Waals surface area contributed by atoms with Gasteiger partial charge in [0.25, 0.3) is 0 Å². The summed E-state index contributed by atoms with van der Waals surface area (Å²) in [5, 5.41) is 12.7. The van der Waals surface area contributed by atoms with Crippen LogP contribution in [-0.2, 0) is 0 Å². The second-order valence-electron chi connectivity index (χ2n) is 4.67. The first-order valence-electron chi connectivity index (χ1n) is 5.52. The summed E-state index contributed by atoms with van der Waals surface area (Å²) in [4.78, 5) is 0. The molecular formula is C11H23NO. The maximum Gasteiger partial charge on any atom is 0.0636 e. The van der Waals surface area contributed by atoms with Crippen molar-refractivity contribution in [3.05, 3.63) is 0 Å². The molecule has 0 bridgehead atoms. The van der Waals surface area contributed by atoms with Crippen molar-refractivity contribution in [3.63, 3.8) is 0 Å². The normalized spacial score (nSPS) is 37.4. The molecule has 0 heterocycles. The second kappa shape index (κ2) is 4.97. The molecule has 0 amide bonds. The van der Waals surface area contributed by atoms with Crippen molar-refractivity contribution >= 4 is 0 Å². The molecular weight excluding hydrogens is 162 g/mol. The molecule has 0 aromatic carbocycles. The van der Waals surface area contributed by atoms with Crippen molar-refractivity contribution in [2.45, 2.75) is 52.2 Å². The second-order valence-corrected chi connectivity index (χ2v) is 4.67. The van der Waals surface area contributed by atoms with Crippen LogP contribution >= 0.6 is 0 Å². The molecule has 0 radical (unpaired) electrons. The van der Waals surface area contributed by atoms with Crippen molar-refractivity contribution in [1.29, 1.82) is 0 Å². The maximum atomic E-state index is 9.19. The van der Waals surface area contributed by atoms with Gasteiger partial charge in [-0.2, -0.15) is 0 Å². The van der Waals surface area contributed by atoms with E-state index in [1.165, 1.54) is 19.3 Å². The molecule has 78 valence electrons. The molecule has 2 nitrogen and oxygen atoms in total. The molecule has 1 aliphatic carbocycles. The van der Waals surface area contributed by atoms with E-state index in [9.17, 15) is 5.11 Å². The van der Waals surface area contributed by atoms with Crippen LogP contribution in [0.1, 0.15) is 40.0 Å². The molecule has 0 aromatic rings. The Bertz CT molecular complexity index is 137. The van der Waals surface area contributed by atoms with Crippen LogP contribution in [-0.4, -0.2) is 23.8 Å². The van der Waals surface area contributed by atoms with Crippen LogP contribution in [0.25, 0.3) is 0 Å². The lowest BCUT2D eigenvalue weighted by Crippen LogP contribution is -2.45. The summed E-state index contributed by atoms with van der Waals surface area (Å²) in [5.74, 6) is 1.53. The van der Waals surface area contributed by atoms with E-state index in [2.05, 4.69) is 19.2 Å². The van der Waals surface area contributed by atoms with E-state index >= 15 is 0 Å². The summed E-state index contributed by atoms with van der Waals surface area (Å²) in [6.07, 6.45) is 3.82. The number of hydrogen-bond donors (Lipinski definition) is 2. The smallest absolute Gasteiger partial charge is 0.0636 e. The first-order chi connectivity index (χ1) is 6.11. The number of rotatable bonds is 3. The fraction of sp³-hybridized carbons (Fsp3) is 1.00. The molecule has 13 heavy (non-hydrogen) atoms. The van der Waals surface area contributed by atoms with Crippen molar-refractivity contribution in [2.75, 3.05) is 6.54 Å². The number of aliphatic hydroxyl groups excluding tert-OH is 1. The molecule has 0 aromatic heterocycles. The molecule has 1 fully saturated rings. The molecule has 2 N–H and O–H groups in total. The zero-order valence-electron chi connectivity index (χ0n) is 9.09. The van der Waals surface area contributed by atoms with Gasteiger partial charge < -0.3 is 10.4 Å². The maximum absolute atomic E-state index is 9.19. The van der Waals surface area contributed by atoms with Crippen molar-refractivity contribution < 1.29 is 5.11 Å². The van der Waals surface area contributed by atoms with Gasteiger partial charge in [-0.25, -0.2) is 0 Å². The van der Waals surface area contributed by atoms with Crippen LogP contribution in [0, 0.1) is 11.8 Å². The molecule has 0 spiro atoms. The van der Waals surface area contributed by atoms with Gasteiger partial charge in [0.15, 0.2) is 0 Å². The monoisotopic (exact) mass is 185 g/mol. The van der Waals surface area contributed by atoms with Gasteiger partial charge in [-0.3, -0.25) is 0 Å². The van der Waals surface area contributed by atoms with E-state index in [1.54, 1.807) is 0 Å². The summed E-state index contributed by atoms with van der Waals surface area (Å²) in [7, 11) is 0. The van der Waals surface area contributed by atoms with Crippen molar-refractivity contribution in [3.8, 4) is 0 Å². The van der Waals surface area contributed by atoms with Crippen LogP contribution in [0.3, 0.4) is 0 Å². The lowest BCUT2D eigenvalue weighted by molar-refractivity contribution is 0.153. The standard InChI is InChI=1S/C11H23NO/c1-8-5-4-6-9(2)11(8)12-7-10(3)13/h8-13H,4-7H2,1-3H3/t8-,9+,10-,11?/m0/s1. The summed E-state index contributed by atoms with van der Waals surface area (Å²) < 4.78 is 0. The Morgan fingerprint density at radius 1 is 1.31 bits per heavy atom. The summed E-state index contributed by atoms with van der Waals surface area (Å²) in [6.45, 7) is 7.20. The number of nitrogens with one attached hydrogen (secondary N) is 1. The van der Waals surface area contributed by atoms with Crippen LogP contribution in [0.15, 0.2) is 0 Å². The van der Waals surface area contributed by atoms with E-state index in [4.69, 9.17) is 0 Å². The number of aliphatic hydroxyl groups is 1. The first kappa shape index (κ1) is 11.0. The van der Waals surface area contributed by atoms with E-state index in [0.29, 0.717) is 6.04 Å². The minimum atomic E-state index is -0.221. The van der Waals surface area contributed by atoms with E-state index in [-0.39, 0.29) is 6.10 Å². The SMILES string of the molecule is C[C@H](O)CNC1[C@H](C)CCC[C@@H]1C. The Morgan fingerprint density at radius 3 is 2.31 bits per heavy atom. The largest absolute Gasteiger partial charge is 0.392 e.